The van der Waals surface area contributed by atoms with E-state index in [-0.39, 0.29) is 0 Å². The molecule has 0 aromatic heterocycles. The molecule has 1 unspecified atom stereocenters. The zero-order chi connectivity index (χ0) is 13.5. The highest BCUT2D eigenvalue weighted by atomic mass is 16.4. The Bertz CT molecular complexity index is 150. The first-order chi connectivity index (χ1) is 8.85. The fraction of sp³-hybridized carbons (Fsp3) is 1.00. The molecule has 0 spiro atoms. The third-order valence-corrected chi connectivity index (χ3v) is 3.76. The maximum Gasteiger partial charge on any atom is 0.282 e. The van der Waals surface area contributed by atoms with Gasteiger partial charge in [0.05, 0.1) is 0 Å². The van der Waals surface area contributed by atoms with Crippen LogP contribution in [0, 0.1) is 5.92 Å². The lowest BCUT2D eigenvalue weighted by molar-refractivity contribution is 0.240. The maximum absolute atomic E-state index is 5.23. The second-order valence-corrected chi connectivity index (χ2v) is 5.61. The van der Waals surface area contributed by atoms with Crippen LogP contribution in [0.1, 0.15) is 90.9 Å². The van der Waals surface area contributed by atoms with Crippen LogP contribution >= 0.6 is 0 Å². The lowest BCUT2D eigenvalue weighted by Gasteiger charge is -2.16. The van der Waals surface area contributed by atoms with E-state index in [1.54, 1.807) is 0 Å². The normalized spacial score (nSPS) is 12.8. The molecule has 0 heterocycles. The van der Waals surface area contributed by atoms with Crippen LogP contribution in [0.2, 0.25) is 0 Å². The molecule has 0 aromatic rings. The summed E-state index contributed by atoms with van der Waals surface area (Å²) in [7, 11) is 5.23. The molecule has 1 atom stereocenters. The molecule has 0 bridgehead atoms. The number of hydrogen-bond donors (Lipinski definition) is 0. The Morgan fingerprint density at radius 1 is 0.722 bits per heavy atom. The molecule has 0 amide bonds. The van der Waals surface area contributed by atoms with Gasteiger partial charge < -0.3 is 4.65 Å². The fourth-order valence-corrected chi connectivity index (χ4v) is 2.52. The largest absolute Gasteiger partial charge is 0.447 e. The molecule has 1 nitrogen and oxygen atoms in total. The molecular weight excluding hydrogens is 219 g/mol. The minimum atomic E-state index is 0.693. The van der Waals surface area contributed by atoms with Gasteiger partial charge in [0.2, 0.25) is 0 Å². The lowest BCUT2D eigenvalue weighted by Crippen LogP contribution is -2.09. The third-order valence-electron chi connectivity index (χ3n) is 3.76. The van der Waals surface area contributed by atoms with Crippen molar-refractivity contribution in [1.29, 1.82) is 0 Å². The van der Waals surface area contributed by atoms with Crippen LogP contribution in [0.5, 0.6) is 0 Å². The summed E-state index contributed by atoms with van der Waals surface area (Å²) in [6.45, 7) is 5.28. The highest BCUT2D eigenvalue weighted by Gasteiger charge is 2.07. The molecule has 2 radical (unpaired) electrons. The van der Waals surface area contributed by atoms with Gasteiger partial charge in [0, 0.05) is 6.61 Å². The summed E-state index contributed by atoms with van der Waals surface area (Å²) in [5.74, 6) is 0.693. The summed E-state index contributed by atoms with van der Waals surface area (Å²) in [6, 6.07) is 0. The highest BCUT2D eigenvalue weighted by molar-refractivity contribution is 5.97. The molecule has 0 aliphatic rings. The summed E-state index contributed by atoms with van der Waals surface area (Å²) >= 11 is 0. The van der Waals surface area contributed by atoms with E-state index in [9.17, 15) is 0 Å². The Hall–Kier alpha value is 0.0249. The topological polar surface area (TPSA) is 9.23 Å². The van der Waals surface area contributed by atoms with Crippen LogP contribution in [0.15, 0.2) is 0 Å². The van der Waals surface area contributed by atoms with Crippen molar-refractivity contribution in [2.45, 2.75) is 90.9 Å². The molecule has 2 heteroatoms. The molecule has 106 valence electrons. The van der Waals surface area contributed by atoms with E-state index in [1.165, 1.54) is 77.0 Å². The number of rotatable bonds is 14. The predicted molar refractivity (Wildman–Crippen MR) is 81.9 cm³/mol. The van der Waals surface area contributed by atoms with Crippen LogP contribution in [0.3, 0.4) is 0 Å². The zero-order valence-electron chi connectivity index (χ0n) is 12.8. The second kappa shape index (κ2) is 15.1. The lowest BCUT2D eigenvalue weighted by atomic mass is 9.95. The van der Waals surface area contributed by atoms with Gasteiger partial charge in [-0.05, 0) is 18.8 Å². The van der Waals surface area contributed by atoms with Gasteiger partial charge in [-0.15, -0.1) is 0 Å². The van der Waals surface area contributed by atoms with Crippen LogP contribution in [0.4, 0.5) is 0 Å². The molecule has 0 N–H and O–H groups in total. The minimum Gasteiger partial charge on any atom is -0.447 e. The Morgan fingerprint density at radius 2 is 1.17 bits per heavy atom. The Morgan fingerprint density at radius 3 is 1.67 bits per heavy atom. The van der Waals surface area contributed by atoms with Crippen molar-refractivity contribution in [2.75, 3.05) is 6.61 Å². The zero-order valence-corrected chi connectivity index (χ0v) is 12.8. The summed E-state index contributed by atoms with van der Waals surface area (Å²) in [4.78, 5) is 0. The van der Waals surface area contributed by atoms with Gasteiger partial charge in [0.1, 0.15) is 0 Å². The van der Waals surface area contributed by atoms with Crippen molar-refractivity contribution < 1.29 is 4.65 Å². The molecule has 0 saturated carbocycles. The van der Waals surface area contributed by atoms with Gasteiger partial charge in [-0.2, -0.15) is 0 Å². The highest BCUT2D eigenvalue weighted by Crippen LogP contribution is 2.18. The van der Waals surface area contributed by atoms with Crippen molar-refractivity contribution in [3.63, 3.8) is 0 Å². The number of hydrogen-bond acceptors (Lipinski definition) is 1. The van der Waals surface area contributed by atoms with E-state index in [1.807, 2.05) is 0 Å². The molecular formula is C16H33BO. The summed E-state index contributed by atoms with van der Waals surface area (Å²) < 4.78 is 4.86. The summed E-state index contributed by atoms with van der Waals surface area (Å²) in [5.41, 5.74) is 0. The standard InChI is InChI=1S/C16H33BO/c1-3-5-7-9-10-12-14-16(15-18-17)13-11-8-6-4-2/h16H,3-15H2,1-2H3. The smallest absolute Gasteiger partial charge is 0.282 e. The van der Waals surface area contributed by atoms with Crippen LogP contribution < -0.4 is 0 Å². The van der Waals surface area contributed by atoms with E-state index in [2.05, 4.69) is 13.8 Å². The SMILES string of the molecule is [B]OCC(CCCCCC)CCCCCCCC. The fourth-order valence-electron chi connectivity index (χ4n) is 2.52. The van der Waals surface area contributed by atoms with Gasteiger partial charge in [-0.25, -0.2) is 0 Å². The first-order valence-electron chi connectivity index (χ1n) is 8.16. The van der Waals surface area contributed by atoms with Crippen molar-refractivity contribution in [2.24, 2.45) is 5.92 Å². The van der Waals surface area contributed by atoms with Gasteiger partial charge >= 0.3 is 0 Å². The van der Waals surface area contributed by atoms with E-state index >= 15 is 0 Å². The first kappa shape index (κ1) is 18.0. The van der Waals surface area contributed by atoms with Crippen LogP contribution in [-0.4, -0.2) is 14.7 Å². The van der Waals surface area contributed by atoms with Crippen molar-refractivity contribution in [3.05, 3.63) is 0 Å². The Kier molecular flexibility index (Phi) is 15.1. The van der Waals surface area contributed by atoms with Crippen molar-refractivity contribution in [3.8, 4) is 0 Å². The maximum atomic E-state index is 5.23. The number of unbranched alkanes of at least 4 members (excludes halogenated alkanes) is 8. The van der Waals surface area contributed by atoms with Gasteiger partial charge in [0.15, 0.2) is 0 Å². The van der Waals surface area contributed by atoms with Gasteiger partial charge in [-0.3, -0.25) is 0 Å². The van der Waals surface area contributed by atoms with Crippen molar-refractivity contribution >= 4 is 8.05 Å². The summed E-state index contributed by atoms with van der Waals surface area (Å²) in [6.07, 6.45) is 16.3. The Labute approximate surface area is 117 Å². The third kappa shape index (κ3) is 12.5. The van der Waals surface area contributed by atoms with E-state index in [4.69, 9.17) is 12.7 Å². The minimum absolute atomic E-state index is 0.693. The van der Waals surface area contributed by atoms with Crippen molar-refractivity contribution in [1.82, 2.24) is 0 Å². The van der Waals surface area contributed by atoms with E-state index < -0.39 is 0 Å². The average molecular weight is 252 g/mol. The molecule has 0 fully saturated rings. The Balaban J connectivity index is 3.44. The molecule has 0 rings (SSSR count). The van der Waals surface area contributed by atoms with Crippen LogP contribution in [-0.2, 0) is 4.65 Å². The van der Waals surface area contributed by atoms with Crippen LogP contribution in [0.25, 0.3) is 0 Å². The molecule has 0 saturated heterocycles. The average Bonchev–Trinajstić information content (AvgIpc) is 2.38. The first-order valence-corrected chi connectivity index (χ1v) is 8.16. The summed E-state index contributed by atoms with van der Waals surface area (Å²) in [5, 5.41) is 0. The quantitative estimate of drug-likeness (QED) is 0.296. The van der Waals surface area contributed by atoms with E-state index in [0.717, 1.165) is 6.61 Å². The van der Waals surface area contributed by atoms with Gasteiger partial charge in [0.25, 0.3) is 8.05 Å². The predicted octanol–water partition coefficient (Wildman–Crippen LogP) is 5.42. The molecule has 0 aromatic carbocycles. The molecule has 0 aliphatic carbocycles. The second-order valence-electron chi connectivity index (χ2n) is 5.61. The van der Waals surface area contributed by atoms with Gasteiger partial charge in [-0.1, -0.05) is 78.1 Å². The monoisotopic (exact) mass is 252 g/mol. The molecule has 18 heavy (non-hydrogen) atoms. The molecule has 0 aliphatic heterocycles. The van der Waals surface area contributed by atoms with E-state index in [0.29, 0.717) is 5.92 Å².